The van der Waals surface area contributed by atoms with E-state index in [0.29, 0.717) is 34.2 Å². The summed E-state index contributed by atoms with van der Waals surface area (Å²) in [6.07, 6.45) is 4.90. The number of rotatable bonds is 6. The van der Waals surface area contributed by atoms with Crippen LogP contribution in [0.1, 0.15) is 16.3 Å². The fourth-order valence-electron chi connectivity index (χ4n) is 2.91. The predicted octanol–water partition coefficient (Wildman–Crippen LogP) is 1.87. The highest BCUT2D eigenvalue weighted by molar-refractivity contribution is 6.07. The third-order valence-electron chi connectivity index (χ3n) is 4.43. The van der Waals surface area contributed by atoms with Gasteiger partial charge in [0.1, 0.15) is 17.2 Å². The molecule has 0 aliphatic rings. The van der Waals surface area contributed by atoms with Crippen molar-refractivity contribution in [2.24, 2.45) is 12.8 Å². The number of carbonyl (C=O) groups excluding carboxylic acids is 1. The SMILES string of the molecule is COc1nc(-c2cnc(CN)nc2)ccc1NC(=O)c1c(-c2ccccn2)nnn1C.Cl. The maximum absolute atomic E-state index is 13.0. The number of nitrogens with two attached hydrogens (primary N) is 1. The minimum atomic E-state index is -0.420. The summed E-state index contributed by atoms with van der Waals surface area (Å²) in [4.78, 5) is 30.1. The van der Waals surface area contributed by atoms with Crippen molar-refractivity contribution < 1.29 is 9.53 Å². The second-order valence-corrected chi connectivity index (χ2v) is 6.42. The number of carbonyl (C=O) groups is 1. The van der Waals surface area contributed by atoms with Gasteiger partial charge in [0.25, 0.3) is 5.91 Å². The van der Waals surface area contributed by atoms with Gasteiger partial charge in [-0.25, -0.2) is 19.6 Å². The summed E-state index contributed by atoms with van der Waals surface area (Å²) in [6, 6.07) is 8.79. The van der Waals surface area contributed by atoms with Crippen molar-refractivity contribution in [1.82, 2.24) is 34.9 Å². The standard InChI is InChI=1S/C20H19N9O2.ClH/c1-29-18(17(27-28-29)14-5-3-4-8-22-14)19(30)25-15-7-6-13(26-20(15)31-2)12-10-23-16(9-21)24-11-12;/h3-8,10-11H,9,21H2,1-2H3,(H,25,30);1H. The Morgan fingerprint density at radius 2 is 1.91 bits per heavy atom. The van der Waals surface area contributed by atoms with Crippen molar-refractivity contribution in [1.29, 1.82) is 0 Å². The van der Waals surface area contributed by atoms with E-state index >= 15 is 0 Å². The van der Waals surface area contributed by atoms with E-state index < -0.39 is 5.91 Å². The minimum Gasteiger partial charge on any atom is -0.479 e. The van der Waals surface area contributed by atoms with Crippen LogP contribution in [0.4, 0.5) is 5.69 Å². The third-order valence-corrected chi connectivity index (χ3v) is 4.43. The van der Waals surface area contributed by atoms with E-state index in [-0.39, 0.29) is 30.5 Å². The van der Waals surface area contributed by atoms with Gasteiger partial charge in [-0.1, -0.05) is 11.3 Å². The molecule has 4 aromatic heterocycles. The summed E-state index contributed by atoms with van der Waals surface area (Å²) in [5.41, 5.74) is 8.39. The maximum Gasteiger partial charge on any atom is 0.276 e. The molecule has 11 nitrogen and oxygen atoms in total. The molecule has 0 aromatic carbocycles. The number of pyridine rings is 2. The van der Waals surface area contributed by atoms with E-state index in [4.69, 9.17) is 10.5 Å². The number of ether oxygens (including phenoxy) is 1. The van der Waals surface area contributed by atoms with Gasteiger partial charge in [0, 0.05) is 31.2 Å². The van der Waals surface area contributed by atoms with E-state index in [2.05, 4.69) is 35.6 Å². The average Bonchev–Trinajstić information content (AvgIpc) is 3.21. The molecular weight excluding hydrogens is 434 g/mol. The lowest BCUT2D eigenvalue weighted by molar-refractivity contribution is 0.101. The van der Waals surface area contributed by atoms with Crippen LogP contribution in [0.15, 0.2) is 48.9 Å². The molecule has 4 rings (SSSR count). The second-order valence-electron chi connectivity index (χ2n) is 6.42. The molecular formula is C20H20ClN9O2. The lowest BCUT2D eigenvalue weighted by atomic mass is 10.2. The number of hydrogen-bond donors (Lipinski definition) is 2. The smallest absolute Gasteiger partial charge is 0.276 e. The molecule has 164 valence electrons. The van der Waals surface area contributed by atoms with Crippen LogP contribution in [0.3, 0.4) is 0 Å². The first-order chi connectivity index (χ1) is 15.1. The summed E-state index contributed by atoms with van der Waals surface area (Å²) >= 11 is 0. The number of methoxy groups -OCH3 is 1. The molecule has 0 aliphatic carbocycles. The Labute approximate surface area is 189 Å². The first-order valence-electron chi connectivity index (χ1n) is 9.29. The van der Waals surface area contributed by atoms with Gasteiger partial charge >= 0.3 is 0 Å². The van der Waals surface area contributed by atoms with E-state index in [9.17, 15) is 4.79 Å². The normalized spacial score (nSPS) is 10.3. The van der Waals surface area contributed by atoms with Crippen LogP contribution < -0.4 is 15.8 Å². The van der Waals surface area contributed by atoms with Crippen LogP contribution in [0.5, 0.6) is 5.88 Å². The quantitative estimate of drug-likeness (QED) is 0.446. The number of nitrogens with one attached hydrogen (secondary N) is 1. The first kappa shape index (κ1) is 22.7. The fraction of sp³-hybridized carbons (Fsp3) is 0.150. The van der Waals surface area contributed by atoms with Gasteiger partial charge in [-0.05, 0) is 24.3 Å². The number of aromatic nitrogens is 7. The van der Waals surface area contributed by atoms with Crippen molar-refractivity contribution in [2.45, 2.75) is 6.54 Å². The lowest BCUT2D eigenvalue weighted by Gasteiger charge is -2.11. The van der Waals surface area contributed by atoms with E-state index in [1.54, 1.807) is 49.9 Å². The molecule has 0 aliphatic heterocycles. The molecule has 0 unspecified atom stereocenters. The Morgan fingerprint density at radius 3 is 2.56 bits per heavy atom. The largest absolute Gasteiger partial charge is 0.479 e. The molecule has 0 saturated carbocycles. The van der Waals surface area contributed by atoms with Gasteiger partial charge in [0.05, 0.1) is 25.0 Å². The number of halogens is 1. The summed E-state index contributed by atoms with van der Waals surface area (Å²) in [6.45, 7) is 0.255. The molecule has 0 atom stereocenters. The maximum atomic E-state index is 13.0. The molecule has 3 N–H and O–H groups in total. The molecule has 32 heavy (non-hydrogen) atoms. The van der Waals surface area contributed by atoms with Crippen molar-refractivity contribution in [3.05, 3.63) is 60.4 Å². The zero-order chi connectivity index (χ0) is 21.8. The summed E-state index contributed by atoms with van der Waals surface area (Å²) < 4.78 is 6.77. The van der Waals surface area contributed by atoms with Crippen LogP contribution in [-0.4, -0.2) is 47.9 Å². The number of anilines is 1. The zero-order valence-corrected chi connectivity index (χ0v) is 18.1. The molecule has 12 heteroatoms. The van der Waals surface area contributed by atoms with Gasteiger partial charge in [-0.2, -0.15) is 0 Å². The summed E-state index contributed by atoms with van der Waals surface area (Å²) in [7, 11) is 3.11. The number of amides is 1. The van der Waals surface area contributed by atoms with E-state index in [1.165, 1.54) is 11.8 Å². The van der Waals surface area contributed by atoms with Crippen LogP contribution >= 0.6 is 12.4 Å². The fourth-order valence-corrected chi connectivity index (χ4v) is 2.91. The second kappa shape index (κ2) is 9.90. The van der Waals surface area contributed by atoms with Gasteiger partial charge in [-0.15, -0.1) is 17.5 Å². The predicted molar refractivity (Wildman–Crippen MR) is 119 cm³/mol. The molecule has 0 fully saturated rings. The highest BCUT2D eigenvalue weighted by Gasteiger charge is 2.22. The van der Waals surface area contributed by atoms with E-state index in [0.717, 1.165) is 0 Å². The molecule has 4 aromatic rings. The Balaban J connectivity index is 0.00000289. The van der Waals surface area contributed by atoms with Crippen LogP contribution in [0.25, 0.3) is 22.6 Å². The van der Waals surface area contributed by atoms with Gasteiger partial charge in [-0.3, -0.25) is 9.78 Å². The molecule has 4 heterocycles. The topological polar surface area (TPSA) is 147 Å². The lowest BCUT2D eigenvalue weighted by Crippen LogP contribution is -2.18. The molecule has 0 spiro atoms. The molecule has 0 saturated heterocycles. The van der Waals surface area contributed by atoms with Crippen molar-refractivity contribution >= 4 is 24.0 Å². The number of aryl methyl sites for hydroxylation is 1. The summed E-state index contributed by atoms with van der Waals surface area (Å²) in [5, 5.41) is 10.9. The van der Waals surface area contributed by atoms with Crippen LogP contribution in [0, 0.1) is 0 Å². The van der Waals surface area contributed by atoms with Crippen LogP contribution in [0.2, 0.25) is 0 Å². The van der Waals surface area contributed by atoms with Crippen LogP contribution in [-0.2, 0) is 13.6 Å². The Morgan fingerprint density at radius 1 is 1.12 bits per heavy atom. The van der Waals surface area contributed by atoms with Gasteiger partial charge in [0.2, 0.25) is 5.88 Å². The summed E-state index contributed by atoms with van der Waals surface area (Å²) in [5.74, 6) is 0.355. The number of hydrogen-bond acceptors (Lipinski definition) is 9. The minimum absolute atomic E-state index is 0. The Kier molecular flexibility index (Phi) is 7.03. The first-order valence-corrected chi connectivity index (χ1v) is 9.29. The molecule has 0 radical (unpaired) electrons. The van der Waals surface area contributed by atoms with E-state index in [1.807, 2.05) is 6.07 Å². The monoisotopic (exact) mass is 453 g/mol. The van der Waals surface area contributed by atoms with Crippen molar-refractivity contribution in [2.75, 3.05) is 12.4 Å². The number of nitrogens with zero attached hydrogens (tertiary/aromatic N) is 7. The van der Waals surface area contributed by atoms with Crippen molar-refractivity contribution in [3.63, 3.8) is 0 Å². The van der Waals surface area contributed by atoms with Gasteiger partial charge in [0.15, 0.2) is 5.69 Å². The zero-order valence-electron chi connectivity index (χ0n) is 17.3. The molecule has 0 bridgehead atoms. The highest BCUT2D eigenvalue weighted by atomic mass is 35.5. The third kappa shape index (κ3) is 4.53. The Bertz CT molecular complexity index is 1210. The molecule has 1 amide bonds. The average molecular weight is 454 g/mol. The van der Waals surface area contributed by atoms with Gasteiger partial charge < -0.3 is 15.8 Å². The highest BCUT2D eigenvalue weighted by Crippen LogP contribution is 2.28. The van der Waals surface area contributed by atoms with Crippen molar-refractivity contribution in [3.8, 4) is 28.5 Å². The Hall–Kier alpha value is -3.96.